The largest absolute Gasteiger partial charge is 0.311 e. The molecule has 1 aliphatic heterocycles. The first-order valence-electron chi connectivity index (χ1n) is 5.16. The Labute approximate surface area is 122 Å². The predicted molar refractivity (Wildman–Crippen MR) is 72.9 cm³/mol. The van der Waals surface area contributed by atoms with Crippen molar-refractivity contribution in [1.29, 1.82) is 0 Å². The molecule has 0 spiro atoms. The van der Waals surface area contributed by atoms with Crippen LogP contribution in [0.15, 0.2) is 12.1 Å². The summed E-state index contributed by atoms with van der Waals surface area (Å²) in [7, 11) is -3.86. The number of benzene rings is 1. The molecular weight excluding hydrogens is 393 g/mol. The predicted octanol–water partition coefficient (Wildman–Crippen LogP) is 0.963. The number of rotatable bonds is 2. The standard InChI is InChI=1S/C10H9F2IN2O3S/c11-7-1-5(2-8(12)10(7)13)15-4-6(3-9(15)16)19(14,17)18/h1-2,6H,3-4H2,(H2,14,17,18). The van der Waals surface area contributed by atoms with Crippen LogP contribution in [0.2, 0.25) is 0 Å². The molecule has 1 amide bonds. The van der Waals surface area contributed by atoms with E-state index < -0.39 is 32.8 Å². The first kappa shape index (κ1) is 14.6. The summed E-state index contributed by atoms with van der Waals surface area (Å²) in [6, 6.07) is 1.99. The van der Waals surface area contributed by atoms with E-state index in [1.807, 2.05) is 0 Å². The van der Waals surface area contributed by atoms with Crippen LogP contribution >= 0.6 is 22.6 Å². The molecule has 2 rings (SSSR count). The molecule has 1 unspecified atom stereocenters. The van der Waals surface area contributed by atoms with Gasteiger partial charge >= 0.3 is 0 Å². The van der Waals surface area contributed by atoms with Crippen molar-refractivity contribution < 1.29 is 22.0 Å². The smallest absolute Gasteiger partial charge is 0.228 e. The van der Waals surface area contributed by atoms with Gasteiger partial charge in [-0.15, -0.1) is 0 Å². The van der Waals surface area contributed by atoms with E-state index in [1.54, 1.807) is 0 Å². The van der Waals surface area contributed by atoms with E-state index >= 15 is 0 Å². The number of carbonyl (C=O) groups is 1. The Morgan fingerprint density at radius 1 is 1.32 bits per heavy atom. The van der Waals surface area contributed by atoms with E-state index in [9.17, 15) is 22.0 Å². The third-order valence-electron chi connectivity index (χ3n) is 2.83. The van der Waals surface area contributed by atoms with Crippen molar-refractivity contribution in [2.75, 3.05) is 11.4 Å². The van der Waals surface area contributed by atoms with Crippen molar-refractivity contribution in [3.63, 3.8) is 0 Å². The molecule has 9 heteroatoms. The number of primary sulfonamides is 1. The molecule has 19 heavy (non-hydrogen) atoms. The normalized spacial score (nSPS) is 20.1. The molecule has 1 atom stereocenters. The minimum atomic E-state index is -3.86. The summed E-state index contributed by atoms with van der Waals surface area (Å²) in [6.45, 7) is -0.197. The van der Waals surface area contributed by atoms with E-state index in [0.717, 1.165) is 17.0 Å². The fourth-order valence-corrected chi connectivity index (χ4v) is 2.89. The number of anilines is 1. The van der Waals surface area contributed by atoms with Gasteiger partial charge in [-0.2, -0.15) is 0 Å². The zero-order valence-electron chi connectivity index (χ0n) is 9.44. The Balaban J connectivity index is 2.36. The molecule has 0 saturated carbocycles. The number of carbonyl (C=O) groups excluding carboxylic acids is 1. The van der Waals surface area contributed by atoms with Gasteiger partial charge in [-0.1, -0.05) is 0 Å². The fourth-order valence-electron chi connectivity index (χ4n) is 1.84. The maximum Gasteiger partial charge on any atom is 0.228 e. The molecule has 1 fully saturated rings. The second kappa shape index (κ2) is 4.94. The summed E-state index contributed by atoms with van der Waals surface area (Å²) < 4.78 is 49.0. The Kier molecular flexibility index (Phi) is 3.80. The molecule has 1 aromatic carbocycles. The van der Waals surface area contributed by atoms with Gasteiger partial charge in [-0.3, -0.25) is 4.79 Å². The van der Waals surface area contributed by atoms with Crippen LogP contribution in [0.3, 0.4) is 0 Å². The van der Waals surface area contributed by atoms with Crippen molar-refractivity contribution in [2.45, 2.75) is 11.7 Å². The van der Waals surface area contributed by atoms with Crippen LogP contribution in [-0.2, 0) is 14.8 Å². The Bertz CT molecular complexity index is 627. The highest BCUT2D eigenvalue weighted by Crippen LogP contribution is 2.28. The van der Waals surface area contributed by atoms with Gasteiger partial charge in [0.15, 0.2) is 0 Å². The fraction of sp³-hybridized carbons (Fsp3) is 0.300. The summed E-state index contributed by atoms with van der Waals surface area (Å²) in [4.78, 5) is 12.7. The average molecular weight is 402 g/mol. The van der Waals surface area contributed by atoms with E-state index in [-0.39, 0.29) is 22.2 Å². The Morgan fingerprint density at radius 3 is 2.26 bits per heavy atom. The Hall–Kier alpha value is -0.810. The third-order valence-corrected chi connectivity index (χ3v) is 5.11. The maximum atomic E-state index is 13.4. The van der Waals surface area contributed by atoms with Gasteiger partial charge in [0.2, 0.25) is 15.9 Å². The van der Waals surface area contributed by atoms with Crippen LogP contribution in [0.5, 0.6) is 0 Å². The van der Waals surface area contributed by atoms with Gasteiger partial charge in [-0.25, -0.2) is 22.3 Å². The summed E-state index contributed by atoms with van der Waals surface area (Å²) in [5.74, 6) is -2.14. The van der Waals surface area contributed by atoms with Crippen LogP contribution in [0.1, 0.15) is 6.42 Å². The molecule has 0 aliphatic carbocycles. The van der Waals surface area contributed by atoms with E-state index in [2.05, 4.69) is 0 Å². The quantitative estimate of drug-likeness (QED) is 0.592. The number of nitrogens with zero attached hydrogens (tertiary/aromatic N) is 1. The SMILES string of the molecule is NS(=O)(=O)C1CC(=O)N(c2cc(F)c(I)c(F)c2)C1. The summed E-state index contributed by atoms with van der Waals surface area (Å²) in [6.07, 6.45) is -0.284. The molecule has 0 bridgehead atoms. The molecule has 1 aliphatic rings. The lowest BCUT2D eigenvalue weighted by molar-refractivity contribution is -0.117. The Morgan fingerprint density at radius 2 is 1.84 bits per heavy atom. The lowest BCUT2D eigenvalue weighted by Crippen LogP contribution is -2.32. The molecule has 5 nitrogen and oxygen atoms in total. The number of halogens is 3. The zero-order valence-corrected chi connectivity index (χ0v) is 12.4. The first-order valence-corrected chi connectivity index (χ1v) is 7.85. The highest BCUT2D eigenvalue weighted by Gasteiger charge is 2.37. The highest BCUT2D eigenvalue weighted by atomic mass is 127. The van der Waals surface area contributed by atoms with Crippen molar-refractivity contribution in [3.05, 3.63) is 27.3 Å². The lowest BCUT2D eigenvalue weighted by Gasteiger charge is -2.17. The minimum Gasteiger partial charge on any atom is -0.311 e. The van der Waals surface area contributed by atoms with E-state index in [1.165, 1.54) is 22.6 Å². The number of nitrogens with two attached hydrogens (primary N) is 1. The molecule has 1 aromatic rings. The summed E-state index contributed by atoms with van der Waals surface area (Å²) >= 11 is 1.50. The van der Waals surface area contributed by atoms with Crippen LogP contribution in [0.4, 0.5) is 14.5 Å². The average Bonchev–Trinajstić information content (AvgIpc) is 2.67. The number of hydrogen-bond donors (Lipinski definition) is 1. The van der Waals surface area contributed by atoms with Crippen molar-refractivity contribution in [3.8, 4) is 0 Å². The van der Waals surface area contributed by atoms with Gasteiger partial charge in [0.25, 0.3) is 0 Å². The van der Waals surface area contributed by atoms with Gasteiger partial charge in [0.1, 0.15) is 16.9 Å². The van der Waals surface area contributed by atoms with Gasteiger partial charge < -0.3 is 4.90 Å². The number of hydrogen-bond acceptors (Lipinski definition) is 3. The van der Waals surface area contributed by atoms with Gasteiger partial charge in [0.05, 0.1) is 3.57 Å². The summed E-state index contributed by atoms with van der Waals surface area (Å²) in [5, 5.41) is 3.92. The molecule has 0 radical (unpaired) electrons. The van der Waals surface area contributed by atoms with Crippen molar-refractivity contribution in [1.82, 2.24) is 0 Å². The lowest BCUT2D eigenvalue weighted by atomic mass is 10.3. The van der Waals surface area contributed by atoms with Gasteiger partial charge in [0, 0.05) is 18.7 Å². The second-order valence-electron chi connectivity index (χ2n) is 4.14. The maximum absolute atomic E-state index is 13.4. The molecule has 1 saturated heterocycles. The molecule has 1 heterocycles. The molecule has 2 N–H and O–H groups in total. The topological polar surface area (TPSA) is 80.5 Å². The monoisotopic (exact) mass is 402 g/mol. The molecular formula is C10H9F2IN2O3S. The van der Waals surface area contributed by atoms with E-state index in [4.69, 9.17) is 5.14 Å². The molecule has 0 aromatic heterocycles. The van der Waals surface area contributed by atoms with E-state index in [0.29, 0.717) is 0 Å². The minimum absolute atomic E-state index is 0.00781. The zero-order chi connectivity index (χ0) is 14.4. The van der Waals surface area contributed by atoms with Gasteiger partial charge in [-0.05, 0) is 34.7 Å². The third kappa shape index (κ3) is 2.87. The van der Waals surface area contributed by atoms with Crippen LogP contribution in [0, 0.1) is 15.2 Å². The summed E-state index contributed by atoms with van der Waals surface area (Å²) in [5.41, 5.74) is -0.00781. The van der Waals surface area contributed by atoms with Crippen LogP contribution in [-0.4, -0.2) is 26.1 Å². The van der Waals surface area contributed by atoms with Crippen LogP contribution < -0.4 is 10.0 Å². The second-order valence-corrected chi connectivity index (χ2v) is 7.07. The van der Waals surface area contributed by atoms with Crippen LogP contribution in [0.25, 0.3) is 0 Å². The molecule has 104 valence electrons. The highest BCUT2D eigenvalue weighted by molar-refractivity contribution is 14.1. The number of sulfonamides is 1. The van der Waals surface area contributed by atoms with Crippen molar-refractivity contribution >= 4 is 44.2 Å². The van der Waals surface area contributed by atoms with Crippen molar-refractivity contribution in [2.24, 2.45) is 5.14 Å². The first-order chi connectivity index (χ1) is 8.70. The number of amides is 1.